The molecule has 0 aliphatic rings. The Morgan fingerprint density at radius 2 is 0.746 bits per heavy atom. The normalized spacial score (nSPS) is 11.5. The summed E-state index contributed by atoms with van der Waals surface area (Å²) in [5.41, 5.74) is 13.6. The highest BCUT2D eigenvalue weighted by atomic mass is 16.3. The van der Waals surface area contributed by atoms with Gasteiger partial charge in [-0.25, -0.2) is 15.0 Å². The van der Waals surface area contributed by atoms with E-state index in [4.69, 9.17) is 19.4 Å². The van der Waals surface area contributed by atoms with Gasteiger partial charge in [-0.05, 0) is 102 Å². The van der Waals surface area contributed by atoms with E-state index in [9.17, 15) is 0 Å². The summed E-state index contributed by atoms with van der Waals surface area (Å²) < 4.78 is 6.21. The van der Waals surface area contributed by atoms with E-state index in [1.807, 2.05) is 30.3 Å². The maximum Gasteiger partial charge on any atom is 0.164 e. The molecular weight excluding hydrogens is 767 g/mol. The van der Waals surface area contributed by atoms with Crippen LogP contribution in [0.3, 0.4) is 0 Å². The molecule has 2 aromatic heterocycles. The number of para-hydroxylation sites is 1. The fraction of sp³-hybridized carbons (Fsp3) is 0. The van der Waals surface area contributed by atoms with Crippen molar-refractivity contribution in [1.29, 1.82) is 0 Å². The minimum absolute atomic E-state index is 0.615. The first-order valence-electron chi connectivity index (χ1n) is 21.2. The fourth-order valence-corrected chi connectivity index (χ4v) is 8.93. The summed E-state index contributed by atoms with van der Waals surface area (Å²) >= 11 is 0. The summed E-state index contributed by atoms with van der Waals surface area (Å²) in [7, 11) is 0. The van der Waals surface area contributed by atoms with E-state index >= 15 is 0 Å². The molecule has 0 unspecified atom stereocenters. The van der Waals surface area contributed by atoms with Crippen LogP contribution in [0.5, 0.6) is 0 Å². The Morgan fingerprint density at radius 1 is 0.254 bits per heavy atom. The second-order valence-electron chi connectivity index (χ2n) is 16.0. The maximum absolute atomic E-state index is 6.21. The number of benzene rings is 10. The van der Waals surface area contributed by atoms with Gasteiger partial charge in [0.15, 0.2) is 17.5 Å². The Labute approximate surface area is 364 Å². The van der Waals surface area contributed by atoms with Crippen LogP contribution in [0.1, 0.15) is 0 Å². The summed E-state index contributed by atoms with van der Waals surface area (Å²) in [6.07, 6.45) is 0. The lowest BCUT2D eigenvalue weighted by atomic mass is 9.95. The van der Waals surface area contributed by atoms with Crippen molar-refractivity contribution >= 4 is 43.5 Å². The molecule has 0 aliphatic heterocycles. The molecule has 0 saturated carbocycles. The summed E-state index contributed by atoms with van der Waals surface area (Å²) in [6.45, 7) is 0. The number of nitrogens with zero attached hydrogens (tertiary/aromatic N) is 3. The quantitative estimate of drug-likeness (QED) is 0.161. The first-order chi connectivity index (χ1) is 31.2. The van der Waals surface area contributed by atoms with Crippen molar-refractivity contribution in [3.63, 3.8) is 0 Å². The summed E-state index contributed by atoms with van der Waals surface area (Å²) in [6, 6.07) is 78.9. The third-order valence-electron chi connectivity index (χ3n) is 12.1. The van der Waals surface area contributed by atoms with Crippen LogP contribution in [0.2, 0.25) is 0 Å². The van der Waals surface area contributed by atoms with Gasteiger partial charge < -0.3 is 4.42 Å². The minimum Gasteiger partial charge on any atom is -0.456 e. The van der Waals surface area contributed by atoms with Crippen molar-refractivity contribution < 1.29 is 4.42 Å². The molecule has 0 bridgehead atoms. The molecule has 0 spiro atoms. The van der Waals surface area contributed by atoms with Crippen LogP contribution in [-0.4, -0.2) is 15.0 Å². The smallest absolute Gasteiger partial charge is 0.164 e. The SMILES string of the molecule is c1ccc(-c2ccccc2-c2nc(-c3ccc(-c4ccc5ccccc5c4)cc3)nc(-c3cccc(-c4ccc5cc(-c6cccc7oc8ccccc8c67)ccc5c4)c3)n2)cc1. The van der Waals surface area contributed by atoms with Crippen molar-refractivity contribution in [3.8, 4) is 78.7 Å². The van der Waals surface area contributed by atoms with Crippen LogP contribution in [-0.2, 0) is 0 Å². The van der Waals surface area contributed by atoms with Gasteiger partial charge in [-0.3, -0.25) is 0 Å². The van der Waals surface area contributed by atoms with E-state index in [1.54, 1.807) is 0 Å². The lowest BCUT2D eigenvalue weighted by Crippen LogP contribution is -2.01. The Morgan fingerprint density at radius 3 is 1.57 bits per heavy atom. The Hall–Kier alpha value is -8.47. The van der Waals surface area contributed by atoms with Gasteiger partial charge in [-0.1, -0.05) is 188 Å². The van der Waals surface area contributed by atoms with Crippen molar-refractivity contribution in [2.24, 2.45) is 0 Å². The molecule has 0 fully saturated rings. The number of hydrogen-bond donors (Lipinski definition) is 0. The molecule has 12 aromatic rings. The van der Waals surface area contributed by atoms with Crippen LogP contribution in [0.4, 0.5) is 0 Å². The molecule has 10 aromatic carbocycles. The van der Waals surface area contributed by atoms with Crippen LogP contribution >= 0.6 is 0 Å². The van der Waals surface area contributed by atoms with E-state index in [1.165, 1.54) is 32.7 Å². The standard InChI is InChI=1S/C59H37N3O/c1-2-13-40(14-3-1)50-18-6-7-19-52(50)59-61-57(41-27-24-39(25-28-41)44-29-26-38-12-4-5-15-42(38)34-44)60-58(62-59)49-17-10-16-43(37-49)45-30-31-47-36-48(33-32-46(47)35-45)51-21-11-23-55-56(51)53-20-8-9-22-54(53)63-55/h1-37H. The number of fused-ring (bicyclic) bond motifs is 5. The molecule has 0 radical (unpaired) electrons. The topological polar surface area (TPSA) is 51.8 Å². The average Bonchev–Trinajstić information content (AvgIpc) is 3.75. The van der Waals surface area contributed by atoms with Gasteiger partial charge >= 0.3 is 0 Å². The second-order valence-corrected chi connectivity index (χ2v) is 16.0. The van der Waals surface area contributed by atoms with Crippen LogP contribution in [0.15, 0.2) is 229 Å². The highest BCUT2D eigenvalue weighted by molar-refractivity contribution is 6.13. The summed E-state index contributed by atoms with van der Waals surface area (Å²) in [5.74, 6) is 1.86. The van der Waals surface area contributed by atoms with Gasteiger partial charge in [0.05, 0.1) is 0 Å². The second kappa shape index (κ2) is 15.2. The first kappa shape index (κ1) is 36.4. The van der Waals surface area contributed by atoms with Gasteiger partial charge in [-0.2, -0.15) is 0 Å². The molecule has 63 heavy (non-hydrogen) atoms. The van der Waals surface area contributed by atoms with E-state index in [0.717, 1.165) is 72.0 Å². The van der Waals surface area contributed by atoms with Crippen molar-refractivity contribution in [2.45, 2.75) is 0 Å². The van der Waals surface area contributed by atoms with E-state index in [-0.39, 0.29) is 0 Å². The lowest BCUT2D eigenvalue weighted by Gasteiger charge is -2.13. The largest absolute Gasteiger partial charge is 0.456 e. The van der Waals surface area contributed by atoms with Gasteiger partial charge in [0.1, 0.15) is 11.2 Å². The van der Waals surface area contributed by atoms with Crippen molar-refractivity contribution in [2.75, 3.05) is 0 Å². The molecule has 0 atom stereocenters. The van der Waals surface area contributed by atoms with Crippen LogP contribution in [0.25, 0.3) is 122 Å². The highest BCUT2D eigenvalue weighted by Crippen LogP contribution is 2.39. The van der Waals surface area contributed by atoms with Gasteiger partial charge in [-0.15, -0.1) is 0 Å². The number of aromatic nitrogens is 3. The monoisotopic (exact) mass is 803 g/mol. The predicted octanol–water partition coefficient (Wildman–Crippen LogP) is 15.7. The third kappa shape index (κ3) is 6.71. The van der Waals surface area contributed by atoms with E-state index in [2.05, 4.69) is 194 Å². The lowest BCUT2D eigenvalue weighted by molar-refractivity contribution is 0.669. The Kier molecular flexibility index (Phi) is 8.79. The Bertz CT molecular complexity index is 3680. The molecule has 12 rings (SSSR count). The first-order valence-corrected chi connectivity index (χ1v) is 21.2. The average molecular weight is 804 g/mol. The molecule has 2 heterocycles. The maximum atomic E-state index is 6.21. The van der Waals surface area contributed by atoms with E-state index in [0.29, 0.717) is 17.5 Å². The molecule has 4 nitrogen and oxygen atoms in total. The molecule has 4 heteroatoms. The summed E-state index contributed by atoms with van der Waals surface area (Å²) in [5, 5.41) is 7.06. The third-order valence-corrected chi connectivity index (χ3v) is 12.1. The van der Waals surface area contributed by atoms with Crippen LogP contribution in [0, 0.1) is 0 Å². The molecule has 294 valence electrons. The highest BCUT2D eigenvalue weighted by Gasteiger charge is 2.17. The van der Waals surface area contributed by atoms with Gasteiger partial charge in [0.25, 0.3) is 0 Å². The number of rotatable bonds is 7. The molecular formula is C59H37N3O. The zero-order chi connectivity index (χ0) is 41.7. The van der Waals surface area contributed by atoms with Gasteiger partial charge in [0.2, 0.25) is 0 Å². The fourth-order valence-electron chi connectivity index (χ4n) is 8.93. The molecule has 0 N–H and O–H groups in total. The zero-order valence-electron chi connectivity index (χ0n) is 34.1. The predicted molar refractivity (Wildman–Crippen MR) is 260 cm³/mol. The minimum atomic E-state index is 0.615. The number of furan rings is 1. The number of hydrogen-bond acceptors (Lipinski definition) is 4. The summed E-state index contributed by atoms with van der Waals surface area (Å²) in [4.78, 5) is 15.6. The van der Waals surface area contributed by atoms with E-state index < -0.39 is 0 Å². The van der Waals surface area contributed by atoms with Crippen molar-refractivity contribution in [3.05, 3.63) is 224 Å². The molecule has 0 amide bonds. The van der Waals surface area contributed by atoms with Crippen LogP contribution < -0.4 is 0 Å². The zero-order valence-corrected chi connectivity index (χ0v) is 34.1. The Balaban J connectivity index is 0.930. The molecule has 0 saturated heterocycles. The van der Waals surface area contributed by atoms with Crippen molar-refractivity contribution in [1.82, 2.24) is 15.0 Å². The van der Waals surface area contributed by atoms with Gasteiger partial charge in [0, 0.05) is 27.5 Å². The molecule has 0 aliphatic carbocycles.